The average molecular weight is 258 g/mol. The lowest BCUT2D eigenvalue weighted by Gasteiger charge is -2.23. The Balaban J connectivity index is 1.88. The van der Waals surface area contributed by atoms with Crippen LogP contribution < -0.4 is 0 Å². The van der Waals surface area contributed by atoms with Gasteiger partial charge in [0.05, 0.1) is 6.61 Å². The lowest BCUT2D eigenvalue weighted by molar-refractivity contribution is 0.240. The van der Waals surface area contributed by atoms with Crippen molar-refractivity contribution in [2.24, 2.45) is 0 Å². The molecule has 0 aliphatic carbocycles. The average Bonchev–Trinajstić information content (AvgIpc) is 2.82. The van der Waals surface area contributed by atoms with Crippen molar-refractivity contribution in [1.82, 2.24) is 9.55 Å². The minimum atomic E-state index is 0.192. The summed E-state index contributed by atoms with van der Waals surface area (Å²) in [5.74, 6) is 1.52. The maximum absolute atomic E-state index is 9.50. The first-order chi connectivity index (χ1) is 9.28. The number of phenolic OH excluding ortho intramolecular Hbond substituents is 1. The summed E-state index contributed by atoms with van der Waals surface area (Å²) in [5.41, 5.74) is 2.20. The number of fused-ring (bicyclic) bond motifs is 1. The molecule has 1 aliphatic rings. The van der Waals surface area contributed by atoms with Gasteiger partial charge in [-0.1, -0.05) is 12.1 Å². The van der Waals surface area contributed by atoms with Crippen LogP contribution in [0.4, 0.5) is 0 Å². The maximum Gasteiger partial charge on any atom is 0.115 e. The van der Waals surface area contributed by atoms with Crippen LogP contribution in [0.25, 0.3) is 0 Å². The van der Waals surface area contributed by atoms with E-state index in [1.165, 1.54) is 0 Å². The number of phenols is 1. The van der Waals surface area contributed by atoms with Crippen molar-refractivity contribution in [2.45, 2.75) is 31.7 Å². The monoisotopic (exact) mass is 258 g/mol. The lowest BCUT2D eigenvalue weighted by Crippen LogP contribution is -2.19. The molecule has 1 atom stereocenters. The van der Waals surface area contributed by atoms with Crippen LogP contribution in [0.1, 0.15) is 35.8 Å². The first-order valence-corrected chi connectivity index (χ1v) is 6.71. The summed E-state index contributed by atoms with van der Waals surface area (Å²) in [5, 5.41) is 18.9. The minimum absolute atomic E-state index is 0.192. The van der Waals surface area contributed by atoms with Crippen molar-refractivity contribution < 1.29 is 10.2 Å². The molecule has 19 heavy (non-hydrogen) atoms. The smallest absolute Gasteiger partial charge is 0.115 e. The van der Waals surface area contributed by atoms with Gasteiger partial charge in [0.2, 0.25) is 0 Å². The van der Waals surface area contributed by atoms with Gasteiger partial charge in [-0.2, -0.15) is 0 Å². The zero-order valence-electron chi connectivity index (χ0n) is 10.8. The molecule has 0 bridgehead atoms. The summed E-state index contributed by atoms with van der Waals surface area (Å²) < 4.78 is 2.22. The second kappa shape index (κ2) is 5.05. The zero-order valence-corrected chi connectivity index (χ0v) is 10.8. The Labute approximate surface area is 112 Å². The fourth-order valence-electron chi connectivity index (χ4n) is 2.83. The highest BCUT2D eigenvalue weighted by molar-refractivity contribution is 5.30. The molecule has 2 aromatic rings. The predicted octanol–water partition coefficient (Wildman–Crippen LogP) is 2.05. The number of benzene rings is 1. The highest BCUT2D eigenvalue weighted by Crippen LogP contribution is 2.28. The number of aliphatic hydroxyl groups excluding tert-OH is 1. The van der Waals surface area contributed by atoms with Gasteiger partial charge in [-0.25, -0.2) is 4.98 Å². The Morgan fingerprint density at radius 2 is 2.26 bits per heavy atom. The van der Waals surface area contributed by atoms with E-state index >= 15 is 0 Å². The topological polar surface area (TPSA) is 58.3 Å². The van der Waals surface area contributed by atoms with Crippen LogP contribution in [0, 0.1) is 0 Å². The Hall–Kier alpha value is -1.81. The van der Waals surface area contributed by atoms with Gasteiger partial charge in [0.1, 0.15) is 11.6 Å². The SMILES string of the molecule is OCC1CCCn2c1cnc2Cc1cccc(O)c1. The summed E-state index contributed by atoms with van der Waals surface area (Å²) in [6, 6.07) is 7.29. The zero-order chi connectivity index (χ0) is 13.2. The van der Waals surface area contributed by atoms with Crippen LogP contribution in [0.2, 0.25) is 0 Å². The van der Waals surface area contributed by atoms with Crippen molar-refractivity contribution in [1.29, 1.82) is 0 Å². The van der Waals surface area contributed by atoms with E-state index in [1.807, 2.05) is 18.3 Å². The molecule has 0 spiro atoms. The summed E-state index contributed by atoms with van der Waals surface area (Å²) in [4.78, 5) is 4.49. The van der Waals surface area contributed by atoms with Gasteiger partial charge in [0.15, 0.2) is 0 Å². The molecule has 2 N–H and O–H groups in total. The van der Waals surface area contributed by atoms with Gasteiger partial charge < -0.3 is 14.8 Å². The number of aromatic nitrogens is 2. The normalized spacial score (nSPS) is 18.3. The van der Waals surface area contributed by atoms with E-state index < -0.39 is 0 Å². The Morgan fingerprint density at radius 1 is 1.37 bits per heavy atom. The second-order valence-corrected chi connectivity index (χ2v) is 5.12. The third kappa shape index (κ3) is 2.36. The second-order valence-electron chi connectivity index (χ2n) is 5.12. The molecular weight excluding hydrogens is 240 g/mol. The van der Waals surface area contributed by atoms with Crippen LogP contribution in [-0.2, 0) is 13.0 Å². The van der Waals surface area contributed by atoms with E-state index in [9.17, 15) is 10.2 Å². The summed E-state index contributed by atoms with van der Waals surface area (Å²) in [7, 11) is 0. The molecule has 100 valence electrons. The third-order valence-corrected chi connectivity index (χ3v) is 3.81. The Bertz CT molecular complexity index is 577. The van der Waals surface area contributed by atoms with Crippen molar-refractivity contribution in [3.8, 4) is 5.75 Å². The fraction of sp³-hybridized carbons (Fsp3) is 0.400. The van der Waals surface area contributed by atoms with Crippen LogP contribution in [-0.4, -0.2) is 26.4 Å². The van der Waals surface area contributed by atoms with E-state index in [2.05, 4.69) is 9.55 Å². The Morgan fingerprint density at radius 3 is 3.05 bits per heavy atom. The molecule has 4 nitrogen and oxygen atoms in total. The molecule has 0 fully saturated rings. The number of nitrogens with zero attached hydrogens (tertiary/aromatic N) is 2. The molecule has 0 radical (unpaired) electrons. The van der Waals surface area contributed by atoms with E-state index in [4.69, 9.17) is 0 Å². The number of hydrogen-bond acceptors (Lipinski definition) is 3. The van der Waals surface area contributed by atoms with Gasteiger partial charge >= 0.3 is 0 Å². The molecule has 1 aromatic carbocycles. The van der Waals surface area contributed by atoms with E-state index in [1.54, 1.807) is 12.1 Å². The van der Waals surface area contributed by atoms with Crippen LogP contribution in [0.3, 0.4) is 0 Å². The van der Waals surface area contributed by atoms with Crippen molar-refractivity contribution in [3.05, 3.63) is 47.5 Å². The molecule has 1 aromatic heterocycles. The third-order valence-electron chi connectivity index (χ3n) is 3.81. The molecule has 1 aliphatic heterocycles. The van der Waals surface area contributed by atoms with Crippen LogP contribution in [0.5, 0.6) is 5.75 Å². The van der Waals surface area contributed by atoms with Crippen molar-refractivity contribution >= 4 is 0 Å². The lowest BCUT2D eigenvalue weighted by atomic mass is 9.97. The molecule has 0 amide bonds. The molecular formula is C15H18N2O2. The fourth-order valence-corrected chi connectivity index (χ4v) is 2.83. The van der Waals surface area contributed by atoms with Crippen molar-refractivity contribution in [2.75, 3.05) is 6.61 Å². The van der Waals surface area contributed by atoms with Gasteiger partial charge in [0, 0.05) is 30.8 Å². The van der Waals surface area contributed by atoms with Gasteiger partial charge in [-0.05, 0) is 30.5 Å². The van der Waals surface area contributed by atoms with Gasteiger partial charge in [0.25, 0.3) is 0 Å². The first-order valence-electron chi connectivity index (χ1n) is 6.71. The van der Waals surface area contributed by atoms with Gasteiger partial charge in [-0.15, -0.1) is 0 Å². The summed E-state index contributed by atoms with van der Waals surface area (Å²) in [6.07, 6.45) is 4.72. The Kier molecular flexibility index (Phi) is 3.25. The number of imidazole rings is 1. The molecule has 1 unspecified atom stereocenters. The first kappa shape index (κ1) is 12.2. The highest BCUT2D eigenvalue weighted by atomic mass is 16.3. The maximum atomic E-state index is 9.50. The van der Waals surface area contributed by atoms with Crippen LogP contribution >= 0.6 is 0 Å². The number of aromatic hydroxyl groups is 1. The number of hydrogen-bond donors (Lipinski definition) is 2. The number of rotatable bonds is 3. The molecule has 0 saturated carbocycles. The molecule has 0 saturated heterocycles. The van der Waals surface area contributed by atoms with Crippen molar-refractivity contribution in [3.63, 3.8) is 0 Å². The quantitative estimate of drug-likeness (QED) is 0.886. The molecule has 4 heteroatoms. The van der Waals surface area contributed by atoms with Gasteiger partial charge in [-0.3, -0.25) is 0 Å². The van der Waals surface area contributed by atoms with Crippen LogP contribution in [0.15, 0.2) is 30.5 Å². The summed E-state index contributed by atoms with van der Waals surface area (Å²) in [6.45, 7) is 1.16. The summed E-state index contributed by atoms with van der Waals surface area (Å²) >= 11 is 0. The van der Waals surface area contributed by atoms with E-state index in [0.717, 1.165) is 36.5 Å². The van der Waals surface area contributed by atoms with E-state index in [0.29, 0.717) is 6.42 Å². The minimum Gasteiger partial charge on any atom is -0.508 e. The standard InChI is InChI=1S/C15H18N2O2/c18-10-12-4-2-6-17-14(12)9-16-15(17)8-11-3-1-5-13(19)7-11/h1,3,5,7,9,12,18-19H,2,4,6,8,10H2. The number of aliphatic hydroxyl groups is 1. The predicted molar refractivity (Wildman–Crippen MR) is 72.2 cm³/mol. The van der Waals surface area contributed by atoms with E-state index in [-0.39, 0.29) is 18.3 Å². The highest BCUT2D eigenvalue weighted by Gasteiger charge is 2.22. The molecule has 2 heterocycles. The molecule has 3 rings (SSSR count). The largest absolute Gasteiger partial charge is 0.508 e.